The Kier molecular flexibility index (Phi) is 2.80. The van der Waals surface area contributed by atoms with Crippen molar-refractivity contribution in [2.75, 3.05) is 12.8 Å². The van der Waals surface area contributed by atoms with E-state index in [4.69, 9.17) is 10.5 Å². The Morgan fingerprint density at radius 3 is 2.94 bits per heavy atom. The van der Waals surface area contributed by atoms with Gasteiger partial charge in [0.25, 0.3) is 0 Å². The van der Waals surface area contributed by atoms with E-state index in [1.807, 2.05) is 18.2 Å². The first-order chi connectivity index (χ1) is 8.72. The first-order valence-electron chi connectivity index (χ1n) is 5.44. The molecule has 0 atom stereocenters. The Morgan fingerprint density at radius 2 is 2.17 bits per heavy atom. The van der Waals surface area contributed by atoms with Gasteiger partial charge in [0.2, 0.25) is 0 Å². The molecule has 0 bridgehead atoms. The molecular weight excluding hydrogens is 266 g/mol. The third kappa shape index (κ3) is 1.62. The molecule has 5 heteroatoms. The number of thiophene rings is 1. The van der Waals surface area contributed by atoms with Gasteiger partial charge in [0.15, 0.2) is 0 Å². The summed E-state index contributed by atoms with van der Waals surface area (Å²) in [6.07, 6.45) is 0. The molecule has 3 rings (SSSR count). The predicted octanol–water partition coefficient (Wildman–Crippen LogP) is 3.39. The number of ether oxygens (including phenoxy) is 1. The van der Waals surface area contributed by atoms with Crippen LogP contribution in [-0.4, -0.2) is 13.1 Å². The van der Waals surface area contributed by atoms with E-state index >= 15 is 0 Å². The fourth-order valence-electron chi connectivity index (χ4n) is 2.13. The highest BCUT2D eigenvalue weighted by Gasteiger charge is 2.28. The van der Waals surface area contributed by atoms with Crippen molar-refractivity contribution in [2.24, 2.45) is 0 Å². The molecule has 1 aromatic carbocycles. The molecule has 0 amide bonds. The minimum atomic E-state index is -0.355. The molecule has 92 valence electrons. The van der Waals surface area contributed by atoms with Crippen LogP contribution in [0.5, 0.6) is 0 Å². The van der Waals surface area contributed by atoms with Crippen molar-refractivity contribution in [3.8, 4) is 11.1 Å². The van der Waals surface area contributed by atoms with Crippen molar-refractivity contribution < 1.29 is 9.53 Å². The van der Waals surface area contributed by atoms with Gasteiger partial charge in [0.1, 0.15) is 10.6 Å². The molecule has 2 heterocycles. The van der Waals surface area contributed by atoms with Crippen LogP contribution < -0.4 is 5.73 Å². The Balaban J connectivity index is 2.28. The zero-order valence-corrected chi connectivity index (χ0v) is 11.4. The molecule has 18 heavy (non-hydrogen) atoms. The zero-order chi connectivity index (χ0) is 12.7. The van der Waals surface area contributed by atoms with Crippen LogP contribution in [0.2, 0.25) is 0 Å². The highest BCUT2D eigenvalue weighted by molar-refractivity contribution is 7.98. The summed E-state index contributed by atoms with van der Waals surface area (Å²) >= 11 is 3.26. The monoisotopic (exact) mass is 277 g/mol. The number of methoxy groups -OCH3 is 1. The Bertz CT molecular complexity index is 634. The molecular formula is C13H11NO2S2. The molecule has 1 aromatic heterocycles. The smallest absolute Gasteiger partial charge is 0.341 e. The van der Waals surface area contributed by atoms with Crippen LogP contribution in [-0.2, 0) is 10.5 Å². The summed E-state index contributed by atoms with van der Waals surface area (Å²) in [7, 11) is 1.38. The number of nitrogen functional groups attached to an aromatic ring is 1. The zero-order valence-electron chi connectivity index (χ0n) is 9.73. The molecule has 0 saturated carbocycles. The van der Waals surface area contributed by atoms with Crippen molar-refractivity contribution in [3.63, 3.8) is 0 Å². The quantitative estimate of drug-likeness (QED) is 0.812. The lowest BCUT2D eigenvalue weighted by molar-refractivity contribution is 0.0603. The molecule has 0 aliphatic carbocycles. The number of hydrogen-bond donors (Lipinski definition) is 1. The van der Waals surface area contributed by atoms with E-state index < -0.39 is 0 Å². The Morgan fingerprint density at radius 1 is 1.39 bits per heavy atom. The van der Waals surface area contributed by atoms with Gasteiger partial charge in [0.05, 0.1) is 7.11 Å². The lowest BCUT2D eigenvalue weighted by atomic mass is 10.0. The highest BCUT2D eigenvalue weighted by atomic mass is 32.2. The summed E-state index contributed by atoms with van der Waals surface area (Å²) in [5.41, 5.74) is 8.52. The summed E-state index contributed by atoms with van der Waals surface area (Å²) in [5, 5.41) is 0.546. The summed E-state index contributed by atoms with van der Waals surface area (Å²) in [6.45, 7) is 0. The second-order valence-corrected chi connectivity index (χ2v) is 6.07. The van der Waals surface area contributed by atoms with Gasteiger partial charge < -0.3 is 10.5 Å². The molecule has 2 N–H and O–H groups in total. The van der Waals surface area contributed by atoms with Crippen molar-refractivity contribution in [2.45, 2.75) is 10.6 Å². The summed E-state index contributed by atoms with van der Waals surface area (Å²) in [6, 6.07) is 8.07. The molecule has 1 aliphatic heterocycles. The number of thioether (sulfide) groups is 1. The second kappa shape index (κ2) is 4.33. The number of benzene rings is 1. The van der Waals surface area contributed by atoms with Crippen molar-refractivity contribution in [3.05, 3.63) is 34.7 Å². The first kappa shape index (κ1) is 11.6. The third-order valence-electron chi connectivity index (χ3n) is 2.91. The lowest BCUT2D eigenvalue weighted by Crippen LogP contribution is -2.06. The van der Waals surface area contributed by atoms with E-state index in [1.54, 1.807) is 11.8 Å². The number of esters is 1. The van der Waals surface area contributed by atoms with E-state index in [2.05, 4.69) is 6.07 Å². The average Bonchev–Trinajstić information content (AvgIpc) is 2.74. The van der Waals surface area contributed by atoms with Gasteiger partial charge in [-0.1, -0.05) is 18.2 Å². The van der Waals surface area contributed by atoms with Crippen LogP contribution in [0.1, 0.15) is 15.2 Å². The van der Waals surface area contributed by atoms with Crippen LogP contribution in [0.3, 0.4) is 0 Å². The summed E-state index contributed by atoms with van der Waals surface area (Å²) in [4.78, 5) is 14.2. The van der Waals surface area contributed by atoms with Crippen molar-refractivity contribution >= 4 is 34.1 Å². The molecule has 0 saturated heterocycles. The fourth-order valence-corrected chi connectivity index (χ4v) is 4.34. The number of anilines is 1. The molecule has 0 fully saturated rings. The largest absolute Gasteiger partial charge is 0.465 e. The SMILES string of the molecule is COC(=O)c1c(N)sc2c1-c1ccccc1SC2. The van der Waals surface area contributed by atoms with Gasteiger partial charge in [-0.3, -0.25) is 0 Å². The van der Waals surface area contributed by atoms with Crippen LogP contribution in [0.25, 0.3) is 11.1 Å². The predicted molar refractivity (Wildman–Crippen MR) is 75.1 cm³/mol. The molecule has 3 nitrogen and oxygen atoms in total. The minimum absolute atomic E-state index is 0.355. The Hall–Kier alpha value is -1.46. The van der Waals surface area contributed by atoms with Crippen molar-refractivity contribution in [1.29, 1.82) is 0 Å². The fraction of sp³-hybridized carbons (Fsp3) is 0.154. The highest BCUT2D eigenvalue weighted by Crippen LogP contribution is 2.48. The van der Waals surface area contributed by atoms with E-state index in [0.29, 0.717) is 10.6 Å². The van der Waals surface area contributed by atoms with Gasteiger partial charge in [-0.05, 0) is 11.6 Å². The maximum absolute atomic E-state index is 11.9. The van der Waals surface area contributed by atoms with Gasteiger partial charge in [-0.25, -0.2) is 4.79 Å². The number of carbonyl (C=O) groups excluding carboxylic acids is 1. The topological polar surface area (TPSA) is 52.3 Å². The number of hydrogen-bond acceptors (Lipinski definition) is 5. The summed E-state index contributed by atoms with van der Waals surface area (Å²) < 4.78 is 4.84. The number of carbonyl (C=O) groups is 1. The standard InChI is InChI=1S/C13H11NO2S2/c1-16-13(15)11-10-7-4-2-3-5-8(7)17-6-9(10)18-12(11)14/h2-5H,6,14H2,1H3. The van der Waals surface area contributed by atoms with Gasteiger partial charge >= 0.3 is 5.97 Å². The van der Waals surface area contributed by atoms with E-state index in [0.717, 1.165) is 21.8 Å². The molecule has 0 spiro atoms. The van der Waals surface area contributed by atoms with E-state index in [-0.39, 0.29) is 5.97 Å². The number of rotatable bonds is 1. The van der Waals surface area contributed by atoms with Crippen LogP contribution >= 0.6 is 23.1 Å². The maximum atomic E-state index is 11.9. The molecule has 2 aromatic rings. The first-order valence-corrected chi connectivity index (χ1v) is 7.24. The maximum Gasteiger partial charge on any atom is 0.341 e. The molecule has 0 unspecified atom stereocenters. The van der Waals surface area contributed by atoms with Gasteiger partial charge in [-0.15, -0.1) is 23.1 Å². The van der Waals surface area contributed by atoms with Gasteiger partial charge in [0, 0.05) is 21.1 Å². The van der Waals surface area contributed by atoms with Crippen LogP contribution in [0.15, 0.2) is 29.2 Å². The normalized spacial score (nSPS) is 12.7. The van der Waals surface area contributed by atoms with E-state index in [1.165, 1.54) is 23.3 Å². The Labute approximate surface area is 113 Å². The second-order valence-electron chi connectivity index (χ2n) is 3.92. The number of nitrogens with two attached hydrogens (primary N) is 1. The lowest BCUT2D eigenvalue weighted by Gasteiger charge is -2.16. The molecule has 0 radical (unpaired) electrons. The van der Waals surface area contributed by atoms with Crippen molar-refractivity contribution in [1.82, 2.24) is 0 Å². The summed E-state index contributed by atoms with van der Waals surface area (Å²) in [5.74, 6) is 0.504. The third-order valence-corrected chi connectivity index (χ3v) is 5.21. The number of fused-ring (bicyclic) bond motifs is 3. The van der Waals surface area contributed by atoms with Crippen LogP contribution in [0, 0.1) is 0 Å². The van der Waals surface area contributed by atoms with Crippen LogP contribution in [0.4, 0.5) is 5.00 Å². The van der Waals surface area contributed by atoms with Gasteiger partial charge in [-0.2, -0.15) is 0 Å². The molecule has 1 aliphatic rings. The average molecular weight is 277 g/mol. The minimum Gasteiger partial charge on any atom is -0.465 e. The van der Waals surface area contributed by atoms with E-state index in [9.17, 15) is 4.79 Å².